The standard InChI is InChI=1S/C34H27Cl2NO6/c1-2-3-4-5-6-22-7-11-24(12-8-22)32(38)42-26-15-17-29(30(35)19-26)34(40)43-27-16-18-28(31(36)20-27)33(39)41-25-13-9-23(21-37)10-14-25/h7-20H,2-6H2,1H3. The molecule has 0 aliphatic heterocycles. The number of ether oxygens (including phenoxy) is 3. The minimum Gasteiger partial charge on any atom is -0.423 e. The highest BCUT2D eigenvalue weighted by atomic mass is 35.5. The lowest BCUT2D eigenvalue weighted by Gasteiger charge is -2.10. The third-order valence-electron chi connectivity index (χ3n) is 6.44. The number of rotatable bonds is 11. The average Bonchev–Trinajstić information content (AvgIpc) is 3.00. The highest BCUT2D eigenvalue weighted by Gasteiger charge is 2.18. The van der Waals surface area contributed by atoms with Crippen molar-refractivity contribution < 1.29 is 28.6 Å². The van der Waals surface area contributed by atoms with Crippen LogP contribution in [-0.2, 0) is 6.42 Å². The Kier molecular flexibility index (Phi) is 10.9. The van der Waals surface area contributed by atoms with E-state index in [0.29, 0.717) is 11.1 Å². The van der Waals surface area contributed by atoms with Gasteiger partial charge in [-0.2, -0.15) is 5.26 Å². The lowest BCUT2D eigenvalue weighted by Crippen LogP contribution is -2.12. The van der Waals surface area contributed by atoms with E-state index in [-0.39, 0.29) is 38.4 Å². The molecule has 0 N–H and O–H groups in total. The maximum Gasteiger partial charge on any atom is 0.345 e. The molecule has 0 unspecified atom stereocenters. The van der Waals surface area contributed by atoms with Crippen molar-refractivity contribution in [3.05, 3.63) is 123 Å². The molecule has 0 aliphatic rings. The molecule has 43 heavy (non-hydrogen) atoms. The van der Waals surface area contributed by atoms with Crippen LogP contribution in [0.25, 0.3) is 0 Å². The van der Waals surface area contributed by atoms with E-state index >= 15 is 0 Å². The molecule has 0 atom stereocenters. The number of benzene rings is 4. The maximum atomic E-state index is 12.8. The molecule has 0 bridgehead atoms. The van der Waals surface area contributed by atoms with Crippen molar-refractivity contribution in [2.24, 2.45) is 0 Å². The van der Waals surface area contributed by atoms with Gasteiger partial charge in [0, 0.05) is 12.1 Å². The Morgan fingerprint density at radius 2 is 1.16 bits per heavy atom. The highest BCUT2D eigenvalue weighted by Crippen LogP contribution is 2.28. The Morgan fingerprint density at radius 3 is 1.67 bits per heavy atom. The molecule has 218 valence electrons. The van der Waals surface area contributed by atoms with Crippen LogP contribution in [0.4, 0.5) is 0 Å². The molecule has 0 saturated carbocycles. The SMILES string of the molecule is CCCCCCc1ccc(C(=O)Oc2ccc(C(=O)Oc3ccc(C(=O)Oc4ccc(C#N)cc4)c(Cl)c3)c(Cl)c2)cc1. The summed E-state index contributed by atoms with van der Waals surface area (Å²) in [5.74, 6) is -1.56. The van der Waals surface area contributed by atoms with Gasteiger partial charge in [0.15, 0.2) is 0 Å². The number of esters is 3. The van der Waals surface area contributed by atoms with E-state index in [4.69, 9.17) is 42.7 Å². The van der Waals surface area contributed by atoms with Gasteiger partial charge in [-0.15, -0.1) is 0 Å². The summed E-state index contributed by atoms with van der Waals surface area (Å²) < 4.78 is 16.1. The molecule has 0 amide bonds. The number of aryl methyl sites for hydroxylation is 1. The van der Waals surface area contributed by atoms with Gasteiger partial charge in [0.2, 0.25) is 0 Å². The zero-order valence-electron chi connectivity index (χ0n) is 23.3. The van der Waals surface area contributed by atoms with Crippen molar-refractivity contribution in [1.29, 1.82) is 5.26 Å². The molecule has 0 aromatic heterocycles. The fourth-order valence-corrected chi connectivity index (χ4v) is 4.60. The molecule has 4 aromatic carbocycles. The fourth-order valence-electron chi connectivity index (χ4n) is 4.10. The topological polar surface area (TPSA) is 103 Å². The number of halogens is 2. The molecule has 0 fully saturated rings. The molecule has 4 rings (SSSR count). The minimum absolute atomic E-state index is 0.00169. The van der Waals surface area contributed by atoms with Gasteiger partial charge in [-0.25, -0.2) is 14.4 Å². The summed E-state index contributed by atoms with van der Waals surface area (Å²) in [6, 6.07) is 23.5. The van der Waals surface area contributed by atoms with Crippen molar-refractivity contribution in [3.63, 3.8) is 0 Å². The zero-order chi connectivity index (χ0) is 30.8. The molecule has 0 aliphatic carbocycles. The van der Waals surface area contributed by atoms with Crippen molar-refractivity contribution in [2.75, 3.05) is 0 Å². The van der Waals surface area contributed by atoms with E-state index in [1.807, 2.05) is 18.2 Å². The number of hydrogen-bond donors (Lipinski definition) is 0. The molecule has 0 saturated heterocycles. The summed E-state index contributed by atoms with van der Waals surface area (Å²) >= 11 is 12.6. The third kappa shape index (κ3) is 8.68. The lowest BCUT2D eigenvalue weighted by atomic mass is 10.0. The number of unbranched alkanes of at least 4 members (excludes halogenated alkanes) is 3. The van der Waals surface area contributed by atoms with E-state index in [0.717, 1.165) is 18.4 Å². The second kappa shape index (κ2) is 15.0. The monoisotopic (exact) mass is 615 g/mol. The molecule has 4 aromatic rings. The molecular weight excluding hydrogens is 589 g/mol. The molecule has 0 heterocycles. The van der Waals surface area contributed by atoms with Crippen LogP contribution >= 0.6 is 23.2 Å². The quantitative estimate of drug-likeness (QED) is 0.0944. The smallest absolute Gasteiger partial charge is 0.345 e. The van der Waals surface area contributed by atoms with Crippen LogP contribution in [0.2, 0.25) is 10.0 Å². The molecule has 0 spiro atoms. The summed E-state index contributed by atoms with van der Waals surface area (Å²) in [4.78, 5) is 37.9. The maximum absolute atomic E-state index is 12.8. The first-order chi connectivity index (χ1) is 20.8. The number of nitriles is 1. The Balaban J connectivity index is 1.34. The van der Waals surface area contributed by atoms with Crippen LogP contribution in [0.1, 0.15) is 74.8 Å². The molecule has 7 nitrogen and oxygen atoms in total. The van der Waals surface area contributed by atoms with Gasteiger partial charge in [0.1, 0.15) is 17.2 Å². The van der Waals surface area contributed by atoms with Gasteiger partial charge >= 0.3 is 17.9 Å². The Bertz CT molecular complexity index is 1660. The van der Waals surface area contributed by atoms with Gasteiger partial charge in [-0.1, -0.05) is 61.5 Å². The second-order valence-corrected chi connectivity index (χ2v) is 10.4. The van der Waals surface area contributed by atoms with Crippen molar-refractivity contribution in [1.82, 2.24) is 0 Å². The summed E-state index contributed by atoms with van der Waals surface area (Å²) in [5, 5.41) is 8.91. The highest BCUT2D eigenvalue weighted by molar-refractivity contribution is 6.34. The van der Waals surface area contributed by atoms with E-state index in [1.165, 1.54) is 79.9 Å². The summed E-state index contributed by atoms with van der Waals surface area (Å²) in [7, 11) is 0. The van der Waals surface area contributed by atoms with Gasteiger partial charge in [0.25, 0.3) is 0 Å². The lowest BCUT2D eigenvalue weighted by molar-refractivity contribution is 0.0725. The zero-order valence-corrected chi connectivity index (χ0v) is 24.8. The Labute approximate surface area is 259 Å². The second-order valence-electron chi connectivity index (χ2n) is 9.60. The number of carbonyl (C=O) groups excluding carboxylic acids is 3. The van der Waals surface area contributed by atoms with Gasteiger partial charge in [-0.05, 0) is 79.1 Å². The van der Waals surface area contributed by atoms with Crippen LogP contribution in [-0.4, -0.2) is 17.9 Å². The first kappa shape index (κ1) is 31.3. The largest absolute Gasteiger partial charge is 0.423 e. The van der Waals surface area contributed by atoms with Crippen molar-refractivity contribution >= 4 is 41.1 Å². The van der Waals surface area contributed by atoms with Crippen LogP contribution in [0.15, 0.2) is 84.9 Å². The molecule has 9 heteroatoms. The van der Waals surface area contributed by atoms with E-state index in [9.17, 15) is 14.4 Å². The number of nitrogens with zero attached hydrogens (tertiary/aromatic N) is 1. The van der Waals surface area contributed by atoms with Crippen LogP contribution in [0.5, 0.6) is 17.2 Å². The normalized spacial score (nSPS) is 10.5. The van der Waals surface area contributed by atoms with E-state index in [1.54, 1.807) is 12.1 Å². The summed E-state index contributed by atoms with van der Waals surface area (Å²) in [6.07, 6.45) is 5.65. The first-order valence-electron chi connectivity index (χ1n) is 13.6. The molecule has 0 radical (unpaired) electrons. The summed E-state index contributed by atoms with van der Waals surface area (Å²) in [6.45, 7) is 2.17. The van der Waals surface area contributed by atoms with Crippen molar-refractivity contribution in [3.8, 4) is 23.3 Å². The number of carbonyl (C=O) groups is 3. The first-order valence-corrected chi connectivity index (χ1v) is 14.4. The summed E-state index contributed by atoms with van der Waals surface area (Å²) in [5.41, 5.74) is 2.08. The third-order valence-corrected chi connectivity index (χ3v) is 7.07. The van der Waals surface area contributed by atoms with Gasteiger partial charge in [0.05, 0.1) is 38.4 Å². The average molecular weight is 616 g/mol. The number of hydrogen-bond acceptors (Lipinski definition) is 7. The van der Waals surface area contributed by atoms with Gasteiger partial charge < -0.3 is 14.2 Å². The fraction of sp³-hybridized carbons (Fsp3) is 0.176. The van der Waals surface area contributed by atoms with Crippen molar-refractivity contribution in [2.45, 2.75) is 39.0 Å². The van der Waals surface area contributed by atoms with E-state index < -0.39 is 17.9 Å². The van der Waals surface area contributed by atoms with Crippen LogP contribution in [0.3, 0.4) is 0 Å². The van der Waals surface area contributed by atoms with Gasteiger partial charge in [-0.3, -0.25) is 0 Å². The Morgan fingerprint density at radius 1 is 0.651 bits per heavy atom. The van der Waals surface area contributed by atoms with Crippen LogP contribution < -0.4 is 14.2 Å². The van der Waals surface area contributed by atoms with Crippen LogP contribution in [0, 0.1) is 11.3 Å². The molecular formula is C34H27Cl2NO6. The Hall–Kier alpha value is -4.64. The van der Waals surface area contributed by atoms with E-state index in [2.05, 4.69) is 6.92 Å². The minimum atomic E-state index is -0.777. The predicted octanol–water partition coefficient (Wildman–Crippen LogP) is 8.65. The predicted molar refractivity (Wildman–Crippen MR) is 163 cm³/mol.